The lowest BCUT2D eigenvalue weighted by molar-refractivity contribution is -0.116. The summed E-state index contributed by atoms with van der Waals surface area (Å²) in [7, 11) is 1.65. The smallest absolute Gasteiger partial charge is 0.244 e. The van der Waals surface area contributed by atoms with Gasteiger partial charge in [0.25, 0.3) is 0 Å². The summed E-state index contributed by atoms with van der Waals surface area (Å²) < 4.78 is 10.6. The zero-order valence-corrected chi connectivity index (χ0v) is 17.8. The Morgan fingerprint density at radius 2 is 1.90 bits per heavy atom. The van der Waals surface area contributed by atoms with Crippen LogP contribution in [0.25, 0.3) is 6.08 Å². The molecule has 0 bridgehead atoms. The van der Waals surface area contributed by atoms with Gasteiger partial charge in [-0.3, -0.25) is 9.69 Å². The lowest BCUT2D eigenvalue weighted by Crippen LogP contribution is -2.37. The summed E-state index contributed by atoms with van der Waals surface area (Å²) in [4.78, 5) is 14.7. The van der Waals surface area contributed by atoms with Crippen molar-refractivity contribution in [2.45, 2.75) is 19.9 Å². The van der Waals surface area contributed by atoms with E-state index >= 15 is 0 Å². The van der Waals surface area contributed by atoms with Crippen molar-refractivity contribution in [3.63, 3.8) is 0 Å². The molecule has 0 saturated heterocycles. The third-order valence-corrected chi connectivity index (χ3v) is 4.81. The largest absolute Gasteiger partial charge is 0.497 e. The fourth-order valence-corrected chi connectivity index (χ4v) is 3.19. The average Bonchev–Trinajstić information content (AvgIpc) is 2.79. The molecule has 6 heteroatoms. The van der Waals surface area contributed by atoms with E-state index in [0.717, 1.165) is 30.0 Å². The first-order valence-corrected chi connectivity index (χ1v) is 10.0. The Labute approximate surface area is 178 Å². The summed E-state index contributed by atoms with van der Waals surface area (Å²) >= 11 is 0. The van der Waals surface area contributed by atoms with Crippen LogP contribution < -0.4 is 14.8 Å². The van der Waals surface area contributed by atoms with Crippen LogP contribution in [0.1, 0.15) is 31.0 Å². The number of carbonyl (C=O) groups is 1. The predicted octanol–water partition coefficient (Wildman–Crippen LogP) is 3.81. The van der Waals surface area contributed by atoms with E-state index in [0.29, 0.717) is 12.3 Å². The van der Waals surface area contributed by atoms with E-state index in [4.69, 9.17) is 14.7 Å². The number of likely N-dealkylation sites (N-methyl/N-ethyl adjacent to an activating group) is 1. The number of benzene rings is 2. The first kappa shape index (κ1) is 23.0. The summed E-state index contributed by atoms with van der Waals surface area (Å²) in [5.74, 6) is 1.27. The van der Waals surface area contributed by atoms with Crippen molar-refractivity contribution >= 4 is 12.0 Å². The van der Waals surface area contributed by atoms with E-state index in [-0.39, 0.29) is 18.6 Å². The van der Waals surface area contributed by atoms with Gasteiger partial charge >= 0.3 is 0 Å². The first-order valence-electron chi connectivity index (χ1n) is 10.0. The molecule has 2 aromatic rings. The van der Waals surface area contributed by atoms with Gasteiger partial charge in [-0.05, 0) is 54.6 Å². The maximum absolute atomic E-state index is 12.4. The van der Waals surface area contributed by atoms with Crippen molar-refractivity contribution in [3.8, 4) is 17.6 Å². The standard InChI is InChI=1S/C24H29N3O3/c1-4-27(5-2)23(20-7-6-8-22(17-20)29-3)18-26-24(28)14-11-19-9-12-21(13-10-19)30-16-15-25/h6-14,17,23H,4-5,16,18H2,1-3H3,(H,26,28)/b14-11+. The van der Waals surface area contributed by atoms with Gasteiger partial charge in [-0.15, -0.1) is 0 Å². The molecule has 1 N–H and O–H groups in total. The molecule has 0 radical (unpaired) electrons. The van der Waals surface area contributed by atoms with Crippen molar-refractivity contribution in [2.75, 3.05) is 33.4 Å². The molecule has 0 aliphatic heterocycles. The van der Waals surface area contributed by atoms with E-state index in [2.05, 4.69) is 30.1 Å². The Hall–Kier alpha value is -3.30. The minimum absolute atomic E-state index is 0.0125. The number of nitrogens with one attached hydrogen (secondary N) is 1. The number of methoxy groups -OCH3 is 1. The van der Waals surface area contributed by atoms with Crippen LogP contribution in [0.5, 0.6) is 11.5 Å². The second kappa shape index (κ2) is 12.3. The fourth-order valence-electron chi connectivity index (χ4n) is 3.19. The lowest BCUT2D eigenvalue weighted by Gasteiger charge is -2.30. The zero-order chi connectivity index (χ0) is 21.8. The zero-order valence-electron chi connectivity index (χ0n) is 17.8. The molecule has 0 spiro atoms. The minimum atomic E-state index is -0.153. The molecule has 0 aliphatic rings. The van der Waals surface area contributed by atoms with Crippen molar-refractivity contribution < 1.29 is 14.3 Å². The van der Waals surface area contributed by atoms with Crippen LogP contribution >= 0.6 is 0 Å². The van der Waals surface area contributed by atoms with Gasteiger partial charge in [0.05, 0.1) is 13.2 Å². The van der Waals surface area contributed by atoms with Gasteiger partial charge < -0.3 is 14.8 Å². The van der Waals surface area contributed by atoms with Gasteiger partial charge in [0.15, 0.2) is 6.61 Å². The number of nitriles is 1. The number of amides is 1. The number of nitrogens with zero attached hydrogens (tertiary/aromatic N) is 2. The van der Waals surface area contributed by atoms with Crippen molar-refractivity contribution in [1.29, 1.82) is 5.26 Å². The van der Waals surface area contributed by atoms with Crippen molar-refractivity contribution in [2.24, 2.45) is 0 Å². The Morgan fingerprint density at radius 1 is 1.17 bits per heavy atom. The number of carbonyl (C=O) groups excluding carboxylic acids is 1. The molecule has 158 valence electrons. The summed E-state index contributed by atoms with van der Waals surface area (Å²) in [6, 6.07) is 17.2. The summed E-state index contributed by atoms with van der Waals surface area (Å²) in [6.45, 7) is 6.50. The minimum Gasteiger partial charge on any atom is -0.497 e. The third-order valence-electron chi connectivity index (χ3n) is 4.81. The quantitative estimate of drug-likeness (QED) is 0.574. The van der Waals surface area contributed by atoms with E-state index in [1.165, 1.54) is 6.08 Å². The molecular weight excluding hydrogens is 378 g/mol. The highest BCUT2D eigenvalue weighted by Crippen LogP contribution is 2.23. The number of ether oxygens (including phenoxy) is 2. The van der Waals surface area contributed by atoms with Gasteiger partial charge in [0.2, 0.25) is 5.91 Å². The molecule has 1 atom stereocenters. The van der Waals surface area contributed by atoms with Crippen molar-refractivity contribution in [3.05, 3.63) is 65.7 Å². The third kappa shape index (κ3) is 6.94. The van der Waals surface area contributed by atoms with E-state index in [1.807, 2.05) is 36.4 Å². The molecule has 0 aromatic heterocycles. The van der Waals surface area contributed by atoms with Crippen LogP contribution in [0.15, 0.2) is 54.6 Å². The van der Waals surface area contributed by atoms with Crippen LogP contribution in [0.3, 0.4) is 0 Å². The van der Waals surface area contributed by atoms with Crippen LogP contribution in [-0.4, -0.2) is 44.2 Å². The second-order valence-electron chi connectivity index (χ2n) is 6.61. The molecule has 1 amide bonds. The van der Waals surface area contributed by atoms with Gasteiger partial charge in [0, 0.05) is 12.6 Å². The highest BCUT2D eigenvalue weighted by molar-refractivity contribution is 5.91. The van der Waals surface area contributed by atoms with E-state index in [9.17, 15) is 4.79 Å². The fraction of sp³-hybridized carbons (Fsp3) is 0.333. The van der Waals surface area contributed by atoms with Crippen LogP contribution in [0.2, 0.25) is 0 Å². The van der Waals surface area contributed by atoms with Gasteiger partial charge in [-0.25, -0.2) is 0 Å². The monoisotopic (exact) mass is 407 g/mol. The molecule has 1 unspecified atom stereocenters. The molecule has 0 fully saturated rings. The van der Waals surface area contributed by atoms with Gasteiger partial charge in [0.1, 0.15) is 17.6 Å². The van der Waals surface area contributed by atoms with Gasteiger partial charge in [-0.2, -0.15) is 5.26 Å². The second-order valence-corrected chi connectivity index (χ2v) is 6.61. The number of hydrogen-bond donors (Lipinski definition) is 1. The van der Waals surface area contributed by atoms with E-state index < -0.39 is 0 Å². The molecule has 0 saturated carbocycles. The Morgan fingerprint density at radius 3 is 2.53 bits per heavy atom. The first-order chi connectivity index (χ1) is 14.6. The Bertz CT molecular complexity index is 868. The Kier molecular flexibility index (Phi) is 9.43. The number of hydrogen-bond acceptors (Lipinski definition) is 5. The number of rotatable bonds is 11. The van der Waals surface area contributed by atoms with E-state index in [1.54, 1.807) is 25.3 Å². The highest BCUT2D eigenvalue weighted by Gasteiger charge is 2.19. The topological polar surface area (TPSA) is 74.6 Å². The molecule has 2 aromatic carbocycles. The summed E-state index contributed by atoms with van der Waals surface area (Å²) in [5, 5.41) is 11.6. The Balaban J connectivity index is 2.01. The highest BCUT2D eigenvalue weighted by atomic mass is 16.5. The maximum atomic E-state index is 12.4. The molecule has 0 aliphatic carbocycles. The maximum Gasteiger partial charge on any atom is 0.244 e. The van der Waals surface area contributed by atoms with Crippen LogP contribution in [0, 0.1) is 11.3 Å². The molecule has 6 nitrogen and oxygen atoms in total. The summed E-state index contributed by atoms with van der Waals surface area (Å²) in [5.41, 5.74) is 1.98. The normalized spacial score (nSPS) is 11.8. The summed E-state index contributed by atoms with van der Waals surface area (Å²) in [6.07, 6.45) is 3.28. The van der Waals surface area contributed by atoms with Crippen molar-refractivity contribution in [1.82, 2.24) is 10.2 Å². The predicted molar refractivity (Wildman–Crippen MR) is 118 cm³/mol. The molecule has 0 heterocycles. The SMILES string of the molecule is CCN(CC)C(CNC(=O)/C=C/c1ccc(OCC#N)cc1)c1cccc(OC)c1. The molecule has 30 heavy (non-hydrogen) atoms. The molecular formula is C24H29N3O3. The van der Waals surface area contributed by atoms with Crippen LogP contribution in [0.4, 0.5) is 0 Å². The molecule has 2 rings (SSSR count). The lowest BCUT2D eigenvalue weighted by atomic mass is 10.0. The average molecular weight is 408 g/mol. The van der Waals surface area contributed by atoms with Gasteiger partial charge in [-0.1, -0.05) is 38.1 Å². The van der Waals surface area contributed by atoms with Crippen LogP contribution in [-0.2, 0) is 4.79 Å².